The molecular weight excluding hydrogens is 280 g/mol. The molecule has 5 nitrogen and oxygen atoms in total. The molecule has 0 radical (unpaired) electrons. The number of likely N-dealkylation sites (tertiary alicyclic amines) is 1. The van der Waals surface area contributed by atoms with Gasteiger partial charge in [-0.3, -0.25) is 4.79 Å². The number of morpholine rings is 1. The largest absolute Gasteiger partial charge is 0.378 e. The maximum absolute atomic E-state index is 12.2. The standard InChI is InChI=1S/C14H26N2O3.ClH/c1-11(2)10-19-12-3-6-16(7-4-12)14(17)13-9-15-5-8-18-13;/h11-13,15H,3-10H2,1-2H3;1H. The highest BCUT2D eigenvalue weighted by molar-refractivity contribution is 5.85. The number of nitrogens with one attached hydrogen (secondary N) is 1. The second kappa shape index (κ2) is 8.82. The summed E-state index contributed by atoms with van der Waals surface area (Å²) in [6.45, 7) is 8.83. The van der Waals surface area contributed by atoms with Crippen LogP contribution in [0, 0.1) is 5.92 Å². The zero-order chi connectivity index (χ0) is 13.7. The lowest BCUT2D eigenvalue weighted by Crippen LogP contribution is -2.51. The SMILES string of the molecule is CC(C)COC1CCN(C(=O)C2CNCCO2)CC1.Cl. The summed E-state index contributed by atoms with van der Waals surface area (Å²) in [6.07, 6.45) is 1.91. The highest BCUT2D eigenvalue weighted by Gasteiger charge is 2.30. The Kier molecular flexibility index (Phi) is 7.80. The Morgan fingerprint density at radius 3 is 2.65 bits per heavy atom. The molecule has 2 rings (SSSR count). The van der Waals surface area contributed by atoms with Crippen molar-refractivity contribution in [1.82, 2.24) is 10.2 Å². The van der Waals surface area contributed by atoms with Gasteiger partial charge in [0.15, 0.2) is 0 Å². The van der Waals surface area contributed by atoms with Crippen molar-refractivity contribution in [2.45, 2.75) is 38.9 Å². The van der Waals surface area contributed by atoms with Crippen molar-refractivity contribution in [3.63, 3.8) is 0 Å². The van der Waals surface area contributed by atoms with Crippen LogP contribution in [0.4, 0.5) is 0 Å². The predicted octanol–water partition coefficient (Wildman–Crippen LogP) is 1.06. The minimum Gasteiger partial charge on any atom is -0.378 e. The zero-order valence-corrected chi connectivity index (χ0v) is 13.3. The van der Waals surface area contributed by atoms with E-state index in [0.717, 1.165) is 39.1 Å². The summed E-state index contributed by atoms with van der Waals surface area (Å²) in [5, 5.41) is 3.20. The topological polar surface area (TPSA) is 50.8 Å². The van der Waals surface area contributed by atoms with Gasteiger partial charge in [0.2, 0.25) is 0 Å². The molecule has 0 aliphatic carbocycles. The Morgan fingerprint density at radius 2 is 2.10 bits per heavy atom. The van der Waals surface area contributed by atoms with Crippen LogP contribution in [-0.2, 0) is 14.3 Å². The number of ether oxygens (including phenoxy) is 2. The quantitative estimate of drug-likeness (QED) is 0.844. The van der Waals surface area contributed by atoms with Gasteiger partial charge in [0.25, 0.3) is 5.91 Å². The normalized spacial score (nSPS) is 24.6. The number of piperidine rings is 1. The average molecular weight is 307 g/mol. The molecular formula is C14H27ClN2O3. The van der Waals surface area contributed by atoms with E-state index in [2.05, 4.69) is 19.2 Å². The van der Waals surface area contributed by atoms with Gasteiger partial charge in [0.05, 0.1) is 12.7 Å². The van der Waals surface area contributed by atoms with E-state index >= 15 is 0 Å². The van der Waals surface area contributed by atoms with Gasteiger partial charge >= 0.3 is 0 Å². The van der Waals surface area contributed by atoms with Crippen LogP contribution in [0.2, 0.25) is 0 Å². The van der Waals surface area contributed by atoms with Crippen molar-refractivity contribution in [2.75, 3.05) is 39.4 Å². The van der Waals surface area contributed by atoms with E-state index in [1.807, 2.05) is 4.90 Å². The third-order valence-electron chi connectivity index (χ3n) is 3.62. The average Bonchev–Trinajstić information content (AvgIpc) is 2.46. The van der Waals surface area contributed by atoms with Crippen LogP contribution < -0.4 is 5.32 Å². The molecule has 1 unspecified atom stereocenters. The maximum Gasteiger partial charge on any atom is 0.253 e. The number of carbonyl (C=O) groups is 1. The molecule has 0 bridgehead atoms. The van der Waals surface area contributed by atoms with Crippen LogP contribution in [-0.4, -0.2) is 62.4 Å². The number of hydrogen-bond acceptors (Lipinski definition) is 4. The first-order chi connectivity index (χ1) is 9.16. The minimum atomic E-state index is -0.290. The van der Waals surface area contributed by atoms with E-state index in [9.17, 15) is 4.79 Å². The molecule has 1 N–H and O–H groups in total. The fourth-order valence-corrected chi connectivity index (χ4v) is 2.50. The molecule has 2 fully saturated rings. The molecule has 20 heavy (non-hydrogen) atoms. The smallest absolute Gasteiger partial charge is 0.253 e. The lowest BCUT2D eigenvalue weighted by molar-refractivity contribution is -0.147. The van der Waals surface area contributed by atoms with Crippen molar-refractivity contribution in [3.8, 4) is 0 Å². The van der Waals surface area contributed by atoms with Gasteiger partial charge in [-0.2, -0.15) is 0 Å². The van der Waals surface area contributed by atoms with Gasteiger partial charge in [-0.15, -0.1) is 12.4 Å². The van der Waals surface area contributed by atoms with Crippen LogP contribution in [0.25, 0.3) is 0 Å². The van der Waals surface area contributed by atoms with Crippen molar-refractivity contribution >= 4 is 18.3 Å². The van der Waals surface area contributed by atoms with E-state index in [4.69, 9.17) is 9.47 Å². The number of hydrogen-bond donors (Lipinski definition) is 1. The Morgan fingerprint density at radius 1 is 1.40 bits per heavy atom. The van der Waals surface area contributed by atoms with Gasteiger partial charge < -0.3 is 19.7 Å². The first-order valence-electron chi connectivity index (χ1n) is 7.39. The predicted molar refractivity (Wildman–Crippen MR) is 80.2 cm³/mol. The molecule has 1 amide bonds. The van der Waals surface area contributed by atoms with Crippen LogP contribution in [0.5, 0.6) is 0 Å². The van der Waals surface area contributed by atoms with E-state index in [1.54, 1.807) is 0 Å². The molecule has 0 aromatic heterocycles. The molecule has 118 valence electrons. The second-order valence-corrected chi connectivity index (χ2v) is 5.82. The van der Waals surface area contributed by atoms with E-state index < -0.39 is 0 Å². The van der Waals surface area contributed by atoms with Crippen LogP contribution >= 0.6 is 12.4 Å². The summed E-state index contributed by atoms with van der Waals surface area (Å²) < 4.78 is 11.4. The van der Waals surface area contributed by atoms with Gasteiger partial charge in [0.1, 0.15) is 6.10 Å². The molecule has 2 aliphatic rings. The summed E-state index contributed by atoms with van der Waals surface area (Å²) in [4.78, 5) is 14.2. The van der Waals surface area contributed by atoms with Gasteiger partial charge in [-0.25, -0.2) is 0 Å². The summed E-state index contributed by atoms with van der Waals surface area (Å²) >= 11 is 0. The van der Waals surface area contributed by atoms with Crippen LogP contribution in [0.15, 0.2) is 0 Å². The second-order valence-electron chi connectivity index (χ2n) is 5.82. The molecule has 2 saturated heterocycles. The van der Waals surface area contributed by atoms with Crippen molar-refractivity contribution < 1.29 is 14.3 Å². The molecule has 0 spiro atoms. The summed E-state index contributed by atoms with van der Waals surface area (Å²) in [5.41, 5.74) is 0. The number of nitrogens with zero attached hydrogens (tertiary/aromatic N) is 1. The Hall–Kier alpha value is -0.360. The third kappa shape index (κ3) is 5.20. The first kappa shape index (κ1) is 17.7. The Labute approximate surface area is 127 Å². The monoisotopic (exact) mass is 306 g/mol. The van der Waals surface area contributed by atoms with E-state index in [1.165, 1.54) is 0 Å². The van der Waals surface area contributed by atoms with Crippen LogP contribution in [0.3, 0.4) is 0 Å². The number of amides is 1. The van der Waals surface area contributed by atoms with Crippen LogP contribution in [0.1, 0.15) is 26.7 Å². The molecule has 0 aromatic rings. The lowest BCUT2D eigenvalue weighted by atomic mass is 10.1. The highest BCUT2D eigenvalue weighted by Crippen LogP contribution is 2.16. The molecule has 0 saturated carbocycles. The van der Waals surface area contributed by atoms with Gasteiger partial charge in [-0.1, -0.05) is 13.8 Å². The lowest BCUT2D eigenvalue weighted by Gasteiger charge is -2.35. The zero-order valence-electron chi connectivity index (χ0n) is 12.5. The molecule has 2 heterocycles. The fraction of sp³-hybridized carbons (Fsp3) is 0.929. The Bertz CT molecular complexity index is 288. The van der Waals surface area contributed by atoms with Crippen molar-refractivity contribution in [3.05, 3.63) is 0 Å². The summed E-state index contributed by atoms with van der Waals surface area (Å²) in [7, 11) is 0. The Balaban J connectivity index is 0.00000200. The molecule has 2 aliphatic heterocycles. The number of halogens is 1. The highest BCUT2D eigenvalue weighted by atomic mass is 35.5. The molecule has 0 aromatic carbocycles. The maximum atomic E-state index is 12.2. The number of carbonyl (C=O) groups excluding carboxylic acids is 1. The van der Waals surface area contributed by atoms with Crippen molar-refractivity contribution in [2.24, 2.45) is 5.92 Å². The third-order valence-corrected chi connectivity index (χ3v) is 3.62. The minimum absolute atomic E-state index is 0. The van der Waals surface area contributed by atoms with Gasteiger partial charge in [0, 0.05) is 32.8 Å². The number of rotatable bonds is 4. The molecule has 1 atom stereocenters. The van der Waals surface area contributed by atoms with Crippen molar-refractivity contribution in [1.29, 1.82) is 0 Å². The summed E-state index contributed by atoms with van der Waals surface area (Å²) in [5.74, 6) is 0.705. The summed E-state index contributed by atoms with van der Waals surface area (Å²) in [6, 6.07) is 0. The molecule has 6 heteroatoms. The fourth-order valence-electron chi connectivity index (χ4n) is 2.50. The first-order valence-corrected chi connectivity index (χ1v) is 7.39. The van der Waals surface area contributed by atoms with E-state index in [-0.39, 0.29) is 24.4 Å². The van der Waals surface area contributed by atoms with E-state index in [0.29, 0.717) is 25.2 Å². The van der Waals surface area contributed by atoms with Gasteiger partial charge in [-0.05, 0) is 18.8 Å².